The van der Waals surface area contributed by atoms with E-state index in [2.05, 4.69) is 20.8 Å². The third-order valence-electron chi connectivity index (χ3n) is 1.62. The Labute approximate surface area is 72.8 Å². The maximum absolute atomic E-state index is 4.11. The molecule has 4 nitrogen and oxygen atoms in total. The van der Waals surface area contributed by atoms with Crippen LogP contribution in [0.5, 0.6) is 0 Å². The Balaban J connectivity index is 2.15. The SMILES string of the molecule is CNCCNCc1cc(C)[nH]n1. The van der Waals surface area contributed by atoms with E-state index in [4.69, 9.17) is 0 Å². The predicted molar refractivity (Wildman–Crippen MR) is 49.0 cm³/mol. The molecule has 1 heterocycles. The Bertz CT molecular complexity index is 219. The molecule has 1 rings (SSSR count). The average Bonchev–Trinajstić information content (AvgIpc) is 2.45. The van der Waals surface area contributed by atoms with Crippen LogP contribution in [-0.4, -0.2) is 30.3 Å². The summed E-state index contributed by atoms with van der Waals surface area (Å²) < 4.78 is 0. The Morgan fingerprint density at radius 2 is 2.33 bits per heavy atom. The molecule has 12 heavy (non-hydrogen) atoms. The van der Waals surface area contributed by atoms with E-state index in [-0.39, 0.29) is 0 Å². The Morgan fingerprint density at radius 3 is 2.92 bits per heavy atom. The van der Waals surface area contributed by atoms with Gasteiger partial charge in [0.25, 0.3) is 0 Å². The lowest BCUT2D eigenvalue weighted by molar-refractivity contribution is 0.641. The standard InChI is InChI=1S/C8H16N4/c1-7-5-8(12-11-7)6-10-4-3-9-2/h5,9-10H,3-4,6H2,1-2H3,(H,11,12). The van der Waals surface area contributed by atoms with Gasteiger partial charge in [0.15, 0.2) is 0 Å². The number of aromatic nitrogens is 2. The quantitative estimate of drug-likeness (QED) is 0.544. The Morgan fingerprint density at radius 1 is 1.50 bits per heavy atom. The summed E-state index contributed by atoms with van der Waals surface area (Å²) in [6.45, 7) is 4.81. The normalized spacial score (nSPS) is 10.5. The molecule has 1 aromatic rings. The van der Waals surface area contributed by atoms with Crippen LogP contribution < -0.4 is 10.6 Å². The highest BCUT2D eigenvalue weighted by Gasteiger charge is 1.95. The van der Waals surface area contributed by atoms with E-state index in [1.165, 1.54) is 0 Å². The van der Waals surface area contributed by atoms with Crippen molar-refractivity contribution in [2.24, 2.45) is 0 Å². The molecule has 0 bridgehead atoms. The fourth-order valence-electron chi connectivity index (χ4n) is 0.995. The fourth-order valence-corrected chi connectivity index (χ4v) is 0.995. The van der Waals surface area contributed by atoms with E-state index in [0.29, 0.717) is 0 Å². The zero-order valence-corrected chi connectivity index (χ0v) is 7.65. The van der Waals surface area contributed by atoms with Crippen molar-refractivity contribution in [2.75, 3.05) is 20.1 Å². The number of aromatic amines is 1. The predicted octanol–water partition coefficient (Wildman–Crippen LogP) is 0.0271. The van der Waals surface area contributed by atoms with Crippen molar-refractivity contribution < 1.29 is 0 Å². The van der Waals surface area contributed by atoms with Crippen LogP contribution in [0.4, 0.5) is 0 Å². The minimum Gasteiger partial charge on any atom is -0.318 e. The molecule has 0 aromatic carbocycles. The van der Waals surface area contributed by atoms with Crippen molar-refractivity contribution in [1.29, 1.82) is 0 Å². The summed E-state index contributed by atoms with van der Waals surface area (Å²) in [6.07, 6.45) is 0. The number of nitrogens with zero attached hydrogens (tertiary/aromatic N) is 1. The molecule has 0 radical (unpaired) electrons. The van der Waals surface area contributed by atoms with Crippen molar-refractivity contribution in [1.82, 2.24) is 20.8 Å². The van der Waals surface area contributed by atoms with Gasteiger partial charge in [0.2, 0.25) is 0 Å². The van der Waals surface area contributed by atoms with Gasteiger partial charge < -0.3 is 10.6 Å². The van der Waals surface area contributed by atoms with Crippen LogP contribution in [-0.2, 0) is 6.54 Å². The Kier molecular flexibility index (Phi) is 3.76. The van der Waals surface area contributed by atoms with E-state index in [0.717, 1.165) is 31.0 Å². The van der Waals surface area contributed by atoms with Gasteiger partial charge in [-0.25, -0.2) is 0 Å². The van der Waals surface area contributed by atoms with Crippen molar-refractivity contribution >= 4 is 0 Å². The molecule has 0 aliphatic heterocycles. The smallest absolute Gasteiger partial charge is 0.0762 e. The number of H-pyrrole nitrogens is 1. The topological polar surface area (TPSA) is 52.7 Å². The van der Waals surface area contributed by atoms with Crippen LogP contribution in [0.1, 0.15) is 11.4 Å². The van der Waals surface area contributed by atoms with Gasteiger partial charge in [-0.15, -0.1) is 0 Å². The third kappa shape index (κ3) is 3.02. The lowest BCUT2D eigenvalue weighted by atomic mass is 10.4. The van der Waals surface area contributed by atoms with Gasteiger partial charge in [-0.05, 0) is 20.0 Å². The largest absolute Gasteiger partial charge is 0.318 e. The van der Waals surface area contributed by atoms with Gasteiger partial charge >= 0.3 is 0 Å². The number of nitrogens with one attached hydrogen (secondary N) is 3. The lowest BCUT2D eigenvalue weighted by Gasteiger charge is -2.00. The second kappa shape index (κ2) is 4.90. The second-order valence-electron chi connectivity index (χ2n) is 2.82. The van der Waals surface area contributed by atoms with Gasteiger partial charge in [-0.3, -0.25) is 5.10 Å². The molecule has 1 aromatic heterocycles. The highest BCUT2D eigenvalue weighted by Crippen LogP contribution is 1.95. The monoisotopic (exact) mass is 168 g/mol. The highest BCUT2D eigenvalue weighted by molar-refractivity contribution is 5.05. The molecule has 0 fully saturated rings. The van der Waals surface area contributed by atoms with Crippen molar-refractivity contribution in [3.05, 3.63) is 17.5 Å². The molecule has 0 atom stereocenters. The molecule has 0 saturated heterocycles. The van der Waals surface area contributed by atoms with E-state index in [9.17, 15) is 0 Å². The minimum absolute atomic E-state index is 0.839. The Hall–Kier alpha value is -0.870. The van der Waals surface area contributed by atoms with Crippen LogP contribution >= 0.6 is 0 Å². The molecule has 0 spiro atoms. The van der Waals surface area contributed by atoms with Crippen LogP contribution in [0.3, 0.4) is 0 Å². The summed E-state index contributed by atoms with van der Waals surface area (Å²) in [5, 5.41) is 13.3. The minimum atomic E-state index is 0.839. The zero-order valence-electron chi connectivity index (χ0n) is 7.65. The van der Waals surface area contributed by atoms with E-state index >= 15 is 0 Å². The second-order valence-corrected chi connectivity index (χ2v) is 2.82. The number of aryl methyl sites for hydroxylation is 1. The van der Waals surface area contributed by atoms with Gasteiger partial charge in [0.05, 0.1) is 5.69 Å². The highest BCUT2D eigenvalue weighted by atomic mass is 15.1. The molecule has 0 unspecified atom stereocenters. The van der Waals surface area contributed by atoms with Crippen molar-refractivity contribution in [3.63, 3.8) is 0 Å². The summed E-state index contributed by atoms with van der Waals surface area (Å²) >= 11 is 0. The van der Waals surface area contributed by atoms with Gasteiger partial charge in [-0.2, -0.15) is 5.10 Å². The molecule has 0 aliphatic rings. The first-order valence-electron chi connectivity index (χ1n) is 4.19. The number of likely N-dealkylation sites (N-methyl/N-ethyl adjacent to an activating group) is 1. The number of hydrogen-bond acceptors (Lipinski definition) is 3. The van der Waals surface area contributed by atoms with Crippen LogP contribution in [0, 0.1) is 6.92 Å². The summed E-state index contributed by atoms with van der Waals surface area (Å²) in [5.41, 5.74) is 2.18. The van der Waals surface area contributed by atoms with Gasteiger partial charge in [0, 0.05) is 25.3 Å². The molecule has 3 N–H and O–H groups in total. The fraction of sp³-hybridized carbons (Fsp3) is 0.625. The van der Waals surface area contributed by atoms with Gasteiger partial charge in [-0.1, -0.05) is 0 Å². The van der Waals surface area contributed by atoms with Crippen LogP contribution in [0.2, 0.25) is 0 Å². The summed E-state index contributed by atoms with van der Waals surface area (Å²) in [6, 6.07) is 2.05. The number of hydrogen-bond donors (Lipinski definition) is 3. The van der Waals surface area contributed by atoms with E-state index in [1.807, 2.05) is 20.0 Å². The molecule has 0 saturated carbocycles. The molecular weight excluding hydrogens is 152 g/mol. The summed E-state index contributed by atoms with van der Waals surface area (Å²) in [4.78, 5) is 0. The first-order valence-corrected chi connectivity index (χ1v) is 4.19. The molecule has 4 heteroatoms. The molecular formula is C8H16N4. The maximum atomic E-state index is 4.11. The van der Waals surface area contributed by atoms with Crippen LogP contribution in [0.25, 0.3) is 0 Å². The van der Waals surface area contributed by atoms with Crippen molar-refractivity contribution in [3.8, 4) is 0 Å². The lowest BCUT2D eigenvalue weighted by Crippen LogP contribution is -2.24. The maximum Gasteiger partial charge on any atom is 0.0762 e. The number of rotatable bonds is 5. The van der Waals surface area contributed by atoms with Crippen LogP contribution in [0.15, 0.2) is 6.07 Å². The van der Waals surface area contributed by atoms with E-state index < -0.39 is 0 Å². The molecule has 0 aliphatic carbocycles. The molecule has 0 amide bonds. The molecule has 68 valence electrons. The summed E-state index contributed by atoms with van der Waals surface area (Å²) in [7, 11) is 1.94. The summed E-state index contributed by atoms with van der Waals surface area (Å²) in [5.74, 6) is 0. The van der Waals surface area contributed by atoms with E-state index in [1.54, 1.807) is 0 Å². The third-order valence-corrected chi connectivity index (χ3v) is 1.62. The first kappa shape index (κ1) is 9.22. The average molecular weight is 168 g/mol. The first-order chi connectivity index (χ1) is 5.83. The van der Waals surface area contributed by atoms with Gasteiger partial charge in [0.1, 0.15) is 0 Å². The van der Waals surface area contributed by atoms with Crippen molar-refractivity contribution in [2.45, 2.75) is 13.5 Å². The zero-order chi connectivity index (χ0) is 8.81.